The van der Waals surface area contributed by atoms with Gasteiger partial charge in [0.1, 0.15) is 12.1 Å². The number of nitrogens with zero attached hydrogens (tertiary/aromatic N) is 4. The monoisotopic (exact) mass is 326 g/mol. The number of halogens is 1. The van der Waals surface area contributed by atoms with Crippen LogP contribution in [0.2, 0.25) is 0 Å². The van der Waals surface area contributed by atoms with Crippen LogP contribution in [0.1, 0.15) is 18.5 Å². The maximum absolute atomic E-state index is 13.3. The highest BCUT2D eigenvalue weighted by molar-refractivity contribution is 5.52. The fourth-order valence-electron chi connectivity index (χ4n) is 3.28. The molecule has 0 radical (unpaired) electrons. The summed E-state index contributed by atoms with van der Waals surface area (Å²) >= 11 is 0. The first-order valence-electron chi connectivity index (χ1n) is 8.20. The average molecular weight is 326 g/mol. The minimum Gasteiger partial charge on any atom is -0.444 e. The Morgan fingerprint density at radius 2 is 2.25 bits per heavy atom. The molecule has 3 heterocycles. The van der Waals surface area contributed by atoms with Crippen molar-refractivity contribution >= 4 is 0 Å². The Morgan fingerprint density at radius 3 is 3.08 bits per heavy atom. The second-order valence-electron chi connectivity index (χ2n) is 6.15. The first-order chi connectivity index (χ1) is 11.8. The van der Waals surface area contributed by atoms with Gasteiger partial charge in [0.15, 0.2) is 0 Å². The topological polar surface area (TPSA) is 47.1 Å². The molecule has 0 saturated carbocycles. The van der Waals surface area contributed by atoms with Crippen molar-refractivity contribution in [3.63, 3.8) is 0 Å². The number of aromatic nitrogens is 3. The van der Waals surface area contributed by atoms with Crippen molar-refractivity contribution in [1.29, 1.82) is 0 Å². The van der Waals surface area contributed by atoms with Crippen LogP contribution in [0.25, 0.3) is 11.5 Å². The lowest BCUT2D eigenvalue weighted by atomic mass is 10.2. The molecule has 0 amide bonds. The fraction of sp³-hybridized carbons (Fsp3) is 0.333. The summed E-state index contributed by atoms with van der Waals surface area (Å²) in [6.45, 7) is 2.68. The minimum absolute atomic E-state index is 0.286. The number of oxazole rings is 1. The van der Waals surface area contributed by atoms with Gasteiger partial charge in [-0.1, -0.05) is 6.07 Å². The predicted molar refractivity (Wildman–Crippen MR) is 87.6 cm³/mol. The van der Waals surface area contributed by atoms with E-state index in [2.05, 4.69) is 15.0 Å². The lowest BCUT2D eigenvalue weighted by Gasteiger charge is -2.23. The van der Waals surface area contributed by atoms with E-state index >= 15 is 0 Å². The van der Waals surface area contributed by atoms with Crippen LogP contribution in [0.5, 0.6) is 0 Å². The van der Waals surface area contributed by atoms with Gasteiger partial charge < -0.3 is 4.42 Å². The van der Waals surface area contributed by atoms with Crippen molar-refractivity contribution in [2.75, 3.05) is 6.54 Å². The van der Waals surface area contributed by atoms with Crippen LogP contribution in [0.3, 0.4) is 0 Å². The maximum Gasteiger partial charge on any atom is 0.226 e. The van der Waals surface area contributed by atoms with Crippen LogP contribution < -0.4 is 0 Å². The largest absolute Gasteiger partial charge is 0.444 e. The van der Waals surface area contributed by atoms with Gasteiger partial charge in [0.25, 0.3) is 0 Å². The Morgan fingerprint density at radius 1 is 1.29 bits per heavy atom. The number of hydrogen-bond acceptors (Lipinski definition) is 4. The molecule has 1 saturated heterocycles. The molecule has 5 nitrogen and oxygen atoms in total. The van der Waals surface area contributed by atoms with Crippen molar-refractivity contribution in [3.8, 4) is 11.5 Å². The fourth-order valence-corrected chi connectivity index (χ4v) is 3.28. The maximum atomic E-state index is 13.3. The molecular formula is C18H19FN4O. The molecule has 124 valence electrons. The van der Waals surface area contributed by atoms with E-state index in [4.69, 9.17) is 4.42 Å². The van der Waals surface area contributed by atoms with Gasteiger partial charge in [0.05, 0.1) is 12.2 Å². The Kier molecular flexibility index (Phi) is 4.13. The van der Waals surface area contributed by atoms with Crippen LogP contribution in [0.15, 0.2) is 53.4 Å². The number of hydrogen-bond donors (Lipinski definition) is 0. The molecule has 0 bridgehead atoms. The van der Waals surface area contributed by atoms with Crippen molar-refractivity contribution in [2.45, 2.75) is 32.0 Å². The van der Waals surface area contributed by atoms with E-state index in [1.165, 1.54) is 18.6 Å². The average Bonchev–Trinajstić information content (AvgIpc) is 3.32. The van der Waals surface area contributed by atoms with E-state index in [0.29, 0.717) is 17.5 Å². The van der Waals surface area contributed by atoms with Gasteiger partial charge in [-0.2, -0.15) is 5.10 Å². The SMILES string of the molecule is Fc1cccc(-c2nc(CN3CCCC3Cn3cccn3)co2)c1. The molecule has 1 unspecified atom stereocenters. The van der Waals surface area contributed by atoms with Crippen LogP contribution in [0.4, 0.5) is 4.39 Å². The lowest BCUT2D eigenvalue weighted by Crippen LogP contribution is -2.32. The normalized spacial score (nSPS) is 18.3. The summed E-state index contributed by atoms with van der Waals surface area (Å²) in [4.78, 5) is 6.93. The van der Waals surface area contributed by atoms with Gasteiger partial charge >= 0.3 is 0 Å². The smallest absolute Gasteiger partial charge is 0.226 e. The molecular weight excluding hydrogens is 307 g/mol. The van der Waals surface area contributed by atoms with Crippen LogP contribution >= 0.6 is 0 Å². The van der Waals surface area contributed by atoms with E-state index < -0.39 is 0 Å². The first-order valence-corrected chi connectivity index (χ1v) is 8.20. The number of likely N-dealkylation sites (tertiary alicyclic amines) is 1. The molecule has 3 aromatic rings. The highest BCUT2D eigenvalue weighted by Crippen LogP contribution is 2.24. The van der Waals surface area contributed by atoms with E-state index in [0.717, 1.165) is 31.7 Å². The summed E-state index contributed by atoms with van der Waals surface area (Å²) in [5, 5.41) is 4.29. The molecule has 1 aliphatic heterocycles. The molecule has 1 aliphatic rings. The van der Waals surface area contributed by atoms with Gasteiger partial charge in [-0.25, -0.2) is 9.37 Å². The lowest BCUT2D eigenvalue weighted by molar-refractivity contribution is 0.217. The zero-order valence-electron chi connectivity index (χ0n) is 13.3. The summed E-state index contributed by atoms with van der Waals surface area (Å²) in [6, 6.07) is 8.72. The number of rotatable bonds is 5. The summed E-state index contributed by atoms with van der Waals surface area (Å²) in [7, 11) is 0. The molecule has 1 aromatic carbocycles. The van der Waals surface area contributed by atoms with Crippen molar-refractivity contribution in [3.05, 3.63) is 60.5 Å². The molecule has 6 heteroatoms. The van der Waals surface area contributed by atoms with Crippen molar-refractivity contribution < 1.29 is 8.81 Å². The van der Waals surface area contributed by atoms with Crippen molar-refractivity contribution in [2.24, 2.45) is 0 Å². The Hall–Kier alpha value is -2.47. The third-order valence-electron chi connectivity index (χ3n) is 4.44. The zero-order chi connectivity index (χ0) is 16.4. The summed E-state index contributed by atoms with van der Waals surface area (Å²) in [5.41, 5.74) is 1.54. The van der Waals surface area contributed by atoms with Gasteiger partial charge in [-0.15, -0.1) is 0 Å². The Labute approximate surface area is 139 Å². The van der Waals surface area contributed by atoms with E-state index in [1.807, 2.05) is 23.1 Å². The van der Waals surface area contributed by atoms with E-state index in [-0.39, 0.29) is 5.82 Å². The van der Waals surface area contributed by atoms with Crippen LogP contribution in [-0.4, -0.2) is 32.3 Å². The van der Waals surface area contributed by atoms with Crippen molar-refractivity contribution in [1.82, 2.24) is 19.7 Å². The first kappa shape index (κ1) is 15.1. The standard InChI is InChI=1S/C18H19FN4O/c19-15-5-1-4-14(10-15)18-21-16(13-24-18)11-22-8-2-6-17(22)12-23-9-3-7-20-23/h1,3-5,7,9-10,13,17H,2,6,8,11-12H2. The predicted octanol–water partition coefficient (Wildman–Crippen LogP) is 3.34. The molecule has 0 spiro atoms. The van der Waals surface area contributed by atoms with E-state index in [1.54, 1.807) is 18.4 Å². The van der Waals surface area contributed by atoms with Crippen LogP contribution in [-0.2, 0) is 13.1 Å². The highest BCUT2D eigenvalue weighted by Gasteiger charge is 2.26. The third kappa shape index (κ3) is 3.23. The van der Waals surface area contributed by atoms with E-state index in [9.17, 15) is 4.39 Å². The van der Waals surface area contributed by atoms with Crippen LogP contribution in [0, 0.1) is 5.82 Å². The Balaban J connectivity index is 1.45. The van der Waals surface area contributed by atoms with Gasteiger partial charge in [-0.3, -0.25) is 9.58 Å². The van der Waals surface area contributed by atoms with Gasteiger partial charge in [0.2, 0.25) is 5.89 Å². The second-order valence-corrected chi connectivity index (χ2v) is 6.15. The third-order valence-corrected chi connectivity index (χ3v) is 4.44. The zero-order valence-corrected chi connectivity index (χ0v) is 13.3. The molecule has 1 fully saturated rings. The summed E-state index contributed by atoms with van der Waals surface area (Å²) in [5.74, 6) is 0.179. The minimum atomic E-state index is -0.286. The van der Waals surface area contributed by atoms with Gasteiger partial charge in [0, 0.05) is 30.5 Å². The quantitative estimate of drug-likeness (QED) is 0.721. The van der Waals surface area contributed by atoms with Gasteiger partial charge in [-0.05, 0) is 43.7 Å². The second kappa shape index (κ2) is 6.57. The Bertz CT molecular complexity index is 799. The number of benzene rings is 1. The molecule has 1 atom stereocenters. The molecule has 0 aliphatic carbocycles. The summed E-state index contributed by atoms with van der Waals surface area (Å²) in [6.07, 6.45) is 7.81. The molecule has 4 rings (SSSR count). The highest BCUT2D eigenvalue weighted by atomic mass is 19.1. The molecule has 2 aromatic heterocycles. The molecule has 24 heavy (non-hydrogen) atoms. The molecule has 0 N–H and O–H groups in total. The summed E-state index contributed by atoms with van der Waals surface area (Å²) < 4.78 is 20.8.